The van der Waals surface area contributed by atoms with Crippen molar-refractivity contribution in [3.8, 4) is 5.75 Å². The number of hydrogen-bond donors (Lipinski definition) is 3. The summed E-state index contributed by atoms with van der Waals surface area (Å²) in [4.78, 5) is 12.9. The van der Waals surface area contributed by atoms with Crippen molar-refractivity contribution in [3.05, 3.63) is 41.5 Å². The first-order valence-electron chi connectivity index (χ1n) is 16.8. The van der Waals surface area contributed by atoms with Gasteiger partial charge in [-0.2, -0.15) is 0 Å². The summed E-state index contributed by atoms with van der Waals surface area (Å²) in [5, 5.41) is 33.0. The monoisotopic (exact) mass is 592 g/mol. The van der Waals surface area contributed by atoms with Gasteiger partial charge in [0.15, 0.2) is 6.29 Å². The maximum Gasteiger partial charge on any atom is 0.310 e. The first-order chi connectivity index (χ1) is 20.1. The van der Waals surface area contributed by atoms with Gasteiger partial charge in [0.2, 0.25) is 0 Å². The molecular formula is C37H52O6. The third kappa shape index (κ3) is 3.84. The number of rotatable bonds is 2. The molecule has 6 nitrogen and oxygen atoms in total. The summed E-state index contributed by atoms with van der Waals surface area (Å²) in [7, 11) is 0. The molecule has 1 aliphatic heterocycles. The molecule has 43 heavy (non-hydrogen) atoms. The molecule has 236 valence electrons. The van der Waals surface area contributed by atoms with E-state index < -0.39 is 23.8 Å². The summed E-state index contributed by atoms with van der Waals surface area (Å²) in [6.45, 7) is 14.8. The summed E-state index contributed by atoms with van der Waals surface area (Å²) in [5.41, 5.74) is 1.07. The quantitative estimate of drug-likeness (QED) is 0.306. The zero-order valence-electron chi connectivity index (χ0n) is 27.0. The molecule has 1 aromatic rings. The molecule has 0 amide bonds. The van der Waals surface area contributed by atoms with Crippen LogP contribution < -0.4 is 0 Å². The number of carbonyl (C=O) groups is 1. The lowest BCUT2D eigenvalue weighted by atomic mass is 9.33. The Morgan fingerprint density at radius 2 is 1.63 bits per heavy atom. The molecule has 0 bridgehead atoms. The number of aliphatic carboxylic acids is 1. The van der Waals surface area contributed by atoms with Crippen LogP contribution in [0.3, 0.4) is 0 Å². The zero-order valence-corrected chi connectivity index (χ0v) is 27.0. The van der Waals surface area contributed by atoms with Crippen molar-refractivity contribution in [2.45, 2.75) is 118 Å². The van der Waals surface area contributed by atoms with Crippen LogP contribution >= 0.6 is 0 Å². The molecule has 3 N–H and O–H groups in total. The van der Waals surface area contributed by atoms with E-state index in [0.717, 1.165) is 51.4 Å². The van der Waals surface area contributed by atoms with Crippen LogP contribution in [0.4, 0.5) is 0 Å². The van der Waals surface area contributed by atoms with Gasteiger partial charge in [-0.3, -0.25) is 4.79 Å². The van der Waals surface area contributed by atoms with Gasteiger partial charge in [-0.1, -0.05) is 71.4 Å². The van der Waals surface area contributed by atoms with Gasteiger partial charge in [-0.25, -0.2) is 0 Å². The Balaban J connectivity index is 1.24. The molecule has 6 aliphatic rings. The molecule has 11 atom stereocenters. The minimum Gasteiger partial charge on any atom is -0.507 e. The highest BCUT2D eigenvalue weighted by molar-refractivity contribution is 5.76. The smallest absolute Gasteiger partial charge is 0.310 e. The number of phenolic OH excluding ortho intramolecular Hbond substituents is 1. The number of allylic oxidation sites excluding steroid dienone is 2. The molecule has 4 saturated carbocycles. The molecule has 1 heterocycles. The van der Waals surface area contributed by atoms with Crippen LogP contribution in [0.15, 0.2) is 35.9 Å². The van der Waals surface area contributed by atoms with E-state index in [1.165, 1.54) is 5.57 Å². The first kappa shape index (κ1) is 29.8. The molecule has 5 fully saturated rings. The van der Waals surface area contributed by atoms with Crippen molar-refractivity contribution in [2.75, 3.05) is 6.61 Å². The largest absolute Gasteiger partial charge is 0.507 e. The fraction of sp³-hybridized carbons (Fsp3) is 0.757. The van der Waals surface area contributed by atoms with Crippen LogP contribution in [0.5, 0.6) is 5.75 Å². The molecule has 6 heteroatoms. The normalized spacial score (nSPS) is 50.2. The van der Waals surface area contributed by atoms with Crippen molar-refractivity contribution >= 4 is 5.97 Å². The van der Waals surface area contributed by atoms with Crippen LogP contribution in [0, 0.1) is 50.2 Å². The van der Waals surface area contributed by atoms with E-state index in [0.29, 0.717) is 30.4 Å². The zero-order chi connectivity index (χ0) is 30.8. The fourth-order valence-electron chi connectivity index (χ4n) is 12.3. The number of aliphatic hydroxyl groups is 1. The van der Waals surface area contributed by atoms with Gasteiger partial charge in [0.05, 0.1) is 24.2 Å². The second kappa shape index (κ2) is 9.33. The van der Waals surface area contributed by atoms with Crippen molar-refractivity contribution in [3.63, 3.8) is 0 Å². The van der Waals surface area contributed by atoms with Gasteiger partial charge in [-0.15, -0.1) is 0 Å². The van der Waals surface area contributed by atoms with Crippen LogP contribution in [-0.4, -0.2) is 40.1 Å². The minimum atomic E-state index is -0.692. The summed E-state index contributed by atoms with van der Waals surface area (Å²) in [5.74, 6) is 0.364. The highest BCUT2D eigenvalue weighted by Gasteiger charge is 2.71. The fourth-order valence-corrected chi connectivity index (χ4v) is 12.3. The lowest BCUT2D eigenvalue weighted by molar-refractivity contribution is -0.339. The van der Waals surface area contributed by atoms with E-state index >= 15 is 0 Å². The van der Waals surface area contributed by atoms with Gasteiger partial charge < -0.3 is 24.8 Å². The molecule has 1 aromatic carbocycles. The maximum absolute atomic E-state index is 12.9. The number of carboxylic acid groups (broad SMARTS) is 1. The lowest BCUT2D eigenvalue weighted by Gasteiger charge is -2.72. The third-order valence-electron chi connectivity index (χ3n) is 14.8. The van der Waals surface area contributed by atoms with Gasteiger partial charge in [0, 0.05) is 11.0 Å². The molecule has 4 unspecified atom stereocenters. The Kier molecular flexibility index (Phi) is 6.46. The summed E-state index contributed by atoms with van der Waals surface area (Å²) >= 11 is 0. The summed E-state index contributed by atoms with van der Waals surface area (Å²) < 4.78 is 12.9. The number of ether oxygens (including phenoxy) is 2. The Morgan fingerprint density at radius 3 is 2.35 bits per heavy atom. The third-order valence-corrected chi connectivity index (χ3v) is 14.8. The van der Waals surface area contributed by atoms with Gasteiger partial charge in [0.1, 0.15) is 5.75 Å². The molecule has 0 radical (unpaired) electrons. The minimum absolute atomic E-state index is 0.0201. The Bertz CT molecular complexity index is 1350. The first-order valence-corrected chi connectivity index (χ1v) is 16.8. The van der Waals surface area contributed by atoms with E-state index in [1.54, 1.807) is 12.1 Å². The van der Waals surface area contributed by atoms with Crippen molar-refractivity contribution in [2.24, 2.45) is 50.2 Å². The molecule has 5 aliphatic carbocycles. The highest BCUT2D eigenvalue weighted by atomic mass is 16.7. The number of para-hydroxylation sites is 1. The number of aromatic hydroxyl groups is 1. The number of hydrogen-bond acceptors (Lipinski definition) is 5. The van der Waals surface area contributed by atoms with E-state index in [9.17, 15) is 20.1 Å². The number of aliphatic hydroxyl groups excluding tert-OH is 1. The number of benzene rings is 1. The van der Waals surface area contributed by atoms with Gasteiger partial charge in [0.25, 0.3) is 0 Å². The second-order valence-corrected chi connectivity index (χ2v) is 17.2. The van der Waals surface area contributed by atoms with Gasteiger partial charge >= 0.3 is 5.97 Å². The Morgan fingerprint density at radius 1 is 0.907 bits per heavy atom. The average molecular weight is 593 g/mol. The van der Waals surface area contributed by atoms with E-state index in [-0.39, 0.29) is 44.8 Å². The number of fused-ring (bicyclic) bond motifs is 9. The topological polar surface area (TPSA) is 96.2 Å². The second-order valence-electron chi connectivity index (χ2n) is 17.2. The lowest BCUT2D eigenvalue weighted by Crippen LogP contribution is -2.69. The predicted molar refractivity (Wildman–Crippen MR) is 164 cm³/mol. The maximum atomic E-state index is 12.9. The summed E-state index contributed by atoms with van der Waals surface area (Å²) in [6.07, 6.45) is 8.95. The molecule has 0 aromatic heterocycles. The number of phenols is 1. The van der Waals surface area contributed by atoms with Gasteiger partial charge in [-0.05, 0) is 103 Å². The standard InChI is InChI=1S/C37H52O6/c1-32(2)15-17-37(31(40)41)18-16-35(5)23(24(37)19-32)11-12-28-33(3)20-26(39)29-34(4,27(33)13-14-36(28,35)6)21-42-30(43-29)22-9-7-8-10-25(22)38/h7-11,24,26-30,38-39H,12-21H2,1-6H3,(H,40,41)/t24?,26-,27?,28?,29+,30?,33+,34+,35-,36-,37+/m1/s1. The van der Waals surface area contributed by atoms with Crippen LogP contribution in [-0.2, 0) is 14.3 Å². The highest BCUT2D eigenvalue weighted by Crippen LogP contribution is 2.76. The molecule has 1 saturated heterocycles. The average Bonchev–Trinajstić information content (AvgIpc) is 2.93. The Labute approximate surface area is 257 Å². The summed E-state index contributed by atoms with van der Waals surface area (Å²) in [6, 6.07) is 7.14. The van der Waals surface area contributed by atoms with E-state index in [4.69, 9.17) is 9.47 Å². The van der Waals surface area contributed by atoms with E-state index in [1.807, 2.05) is 12.1 Å². The van der Waals surface area contributed by atoms with Crippen LogP contribution in [0.25, 0.3) is 0 Å². The van der Waals surface area contributed by atoms with Crippen LogP contribution in [0.2, 0.25) is 0 Å². The van der Waals surface area contributed by atoms with E-state index in [2.05, 4.69) is 47.6 Å². The SMILES string of the molecule is CC1(C)CC[C@]2(C(=O)O)CC[C@]3(C)C(=CCC4[C@@]5(C)C[C@@H](O)[C@@H]6OC(c7ccccc7O)OC[C@@]6(C)C5CC[C@]43C)C2C1. The predicted octanol–water partition coefficient (Wildman–Crippen LogP) is 7.64. The number of carboxylic acids is 1. The van der Waals surface area contributed by atoms with Crippen LogP contribution in [0.1, 0.15) is 111 Å². The van der Waals surface area contributed by atoms with Crippen molar-refractivity contribution in [1.29, 1.82) is 0 Å². The molecule has 0 spiro atoms. The molecular weight excluding hydrogens is 540 g/mol. The van der Waals surface area contributed by atoms with Crippen molar-refractivity contribution < 1.29 is 29.6 Å². The molecule has 7 rings (SSSR count). The van der Waals surface area contributed by atoms with Crippen molar-refractivity contribution in [1.82, 2.24) is 0 Å². The Hall–Kier alpha value is -1.89.